The van der Waals surface area contributed by atoms with E-state index in [-0.39, 0.29) is 33.8 Å². The number of esters is 1. The SMILES string of the molecule is CON1C(C)(C)CC(OC(=O)c2ccc3nn(-c4cc(C(C)(C)CC(C)(C)C)cc(C(C)(C)c5ccccc5)c4O)nc3c2)CC1(C)C. The van der Waals surface area contributed by atoms with Crippen LogP contribution in [0.2, 0.25) is 0 Å². The predicted molar refractivity (Wildman–Crippen MR) is 192 cm³/mol. The number of piperidine rings is 1. The number of hydrogen-bond acceptors (Lipinski definition) is 7. The summed E-state index contributed by atoms with van der Waals surface area (Å²) < 4.78 is 6.07. The summed E-state index contributed by atoms with van der Waals surface area (Å²) in [6, 6.07) is 19.6. The number of carbonyl (C=O) groups is 1. The van der Waals surface area contributed by atoms with Crippen molar-refractivity contribution < 1.29 is 19.5 Å². The molecule has 5 rings (SSSR count). The second-order valence-electron chi connectivity index (χ2n) is 17.2. The number of phenols is 1. The molecule has 48 heavy (non-hydrogen) atoms. The van der Waals surface area contributed by atoms with Crippen molar-refractivity contribution in [2.75, 3.05) is 7.11 Å². The minimum atomic E-state index is -0.500. The van der Waals surface area contributed by atoms with Crippen LogP contribution in [0.25, 0.3) is 16.7 Å². The van der Waals surface area contributed by atoms with Gasteiger partial charge in [-0.05, 0) is 80.3 Å². The average Bonchev–Trinajstić information content (AvgIpc) is 3.38. The van der Waals surface area contributed by atoms with Gasteiger partial charge in [0.05, 0.1) is 12.7 Å². The molecule has 0 unspecified atom stereocenters. The Hall–Kier alpha value is -3.75. The lowest BCUT2D eigenvalue weighted by molar-refractivity contribution is -0.276. The van der Waals surface area contributed by atoms with Crippen molar-refractivity contribution in [2.24, 2.45) is 5.41 Å². The number of hydrogen-bond donors (Lipinski definition) is 1. The summed E-state index contributed by atoms with van der Waals surface area (Å²) in [5.74, 6) is -0.263. The second-order valence-corrected chi connectivity index (χ2v) is 17.2. The number of rotatable bonds is 8. The Labute approximate surface area is 286 Å². The molecule has 4 aromatic rings. The number of aromatic nitrogens is 3. The van der Waals surface area contributed by atoms with Crippen LogP contribution in [0.5, 0.6) is 5.75 Å². The molecule has 1 aliphatic heterocycles. The molecular weight excluding hydrogens is 600 g/mol. The second kappa shape index (κ2) is 12.3. The minimum Gasteiger partial charge on any atom is -0.505 e. The summed E-state index contributed by atoms with van der Waals surface area (Å²) in [5.41, 5.74) is 3.85. The first-order chi connectivity index (χ1) is 22.1. The maximum atomic E-state index is 13.5. The van der Waals surface area contributed by atoms with Crippen LogP contribution in [0, 0.1) is 5.41 Å². The maximum Gasteiger partial charge on any atom is 0.338 e. The number of fused-ring (bicyclic) bond motifs is 1. The van der Waals surface area contributed by atoms with Crippen LogP contribution in [-0.4, -0.2) is 55.4 Å². The van der Waals surface area contributed by atoms with Gasteiger partial charge in [-0.15, -0.1) is 15.0 Å². The molecule has 1 fully saturated rings. The zero-order valence-corrected chi connectivity index (χ0v) is 30.9. The molecule has 8 nitrogen and oxygen atoms in total. The molecule has 0 saturated carbocycles. The van der Waals surface area contributed by atoms with Crippen LogP contribution in [-0.2, 0) is 20.4 Å². The van der Waals surface area contributed by atoms with Gasteiger partial charge in [0.25, 0.3) is 0 Å². The van der Waals surface area contributed by atoms with Gasteiger partial charge in [0.15, 0.2) is 0 Å². The quantitative estimate of drug-likeness (QED) is 0.190. The molecule has 0 amide bonds. The van der Waals surface area contributed by atoms with Gasteiger partial charge < -0.3 is 14.7 Å². The molecule has 0 spiro atoms. The highest BCUT2D eigenvalue weighted by atomic mass is 16.7. The first-order valence-corrected chi connectivity index (χ1v) is 17.0. The van der Waals surface area contributed by atoms with Gasteiger partial charge in [0.2, 0.25) is 0 Å². The molecule has 1 aliphatic rings. The fraction of sp³-hybridized carbons (Fsp3) is 0.525. The molecule has 0 aliphatic carbocycles. The highest BCUT2D eigenvalue weighted by Gasteiger charge is 2.47. The zero-order chi connectivity index (χ0) is 35.4. The Morgan fingerprint density at radius 1 is 0.854 bits per heavy atom. The standard InChI is InChI=1S/C40H54N4O4/c1-36(2,3)25-37(4,5)28-21-30(40(10,11)27-16-14-13-15-17-27)34(45)33(22-28)43-41-31-19-18-26(20-32(31)42-43)35(46)48-29-23-38(6,7)44(47-12)39(8,9)24-29/h13-22,29,45H,23-25H2,1-12H3. The first-order valence-electron chi connectivity index (χ1n) is 17.0. The van der Waals surface area contributed by atoms with Crippen molar-refractivity contribution in [3.8, 4) is 11.4 Å². The summed E-state index contributed by atoms with van der Waals surface area (Å²) in [4.78, 5) is 20.7. The lowest BCUT2D eigenvalue weighted by atomic mass is 9.70. The molecule has 2 heterocycles. The van der Waals surface area contributed by atoms with Crippen LogP contribution in [0.15, 0.2) is 60.7 Å². The Bertz CT molecular complexity index is 1780. The van der Waals surface area contributed by atoms with Gasteiger partial charge >= 0.3 is 5.97 Å². The number of benzene rings is 3. The molecule has 0 atom stereocenters. The predicted octanol–water partition coefficient (Wildman–Crippen LogP) is 8.91. The minimum absolute atomic E-state index is 0.0899. The molecule has 8 heteroatoms. The van der Waals surface area contributed by atoms with E-state index < -0.39 is 11.4 Å². The van der Waals surface area contributed by atoms with E-state index in [9.17, 15) is 9.90 Å². The van der Waals surface area contributed by atoms with Gasteiger partial charge in [0, 0.05) is 34.9 Å². The van der Waals surface area contributed by atoms with Crippen molar-refractivity contribution in [1.29, 1.82) is 0 Å². The van der Waals surface area contributed by atoms with Gasteiger partial charge in [-0.2, -0.15) is 5.06 Å². The molecule has 1 aromatic heterocycles. The van der Waals surface area contributed by atoms with Crippen LogP contribution in [0.4, 0.5) is 0 Å². The van der Waals surface area contributed by atoms with Crippen molar-refractivity contribution >= 4 is 17.0 Å². The topological polar surface area (TPSA) is 89.7 Å². The fourth-order valence-electron chi connectivity index (χ4n) is 8.19. The first kappa shape index (κ1) is 35.6. The third kappa shape index (κ3) is 7.01. The molecule has 1 saturated heterocycles. The number of hydroxylamine groups is 2. The van der Waals surface area contributed by atoms with E-state index in [4.69, 9.17) is 19.8 Å². The molecule has 3 aromatic carbocycles. The zero-order valence-electron chi connectivity index (χ0n) is 30.9. The molecule has 0 bridgehead atoms. The summed E-state index contributed by atoms with van der Waals surface area (Å²) >= 11 is 0. The average molecular weight is 655 g/mol. The van der Waals surface area contributed by atoms with Crippen molar-refractivity contribution in [2.45, 2.75) is 123 Å². The number of aromatic hydroxyl groups is 1. The number of phenolic OH excluding ortho intramolecular Hbond substituents is 1. The van der Waals surface area contributed by atoms with Gasteiger partial charge in [0.1, 0.15) is 28.6 Å². The third-order valence-corrected chi connectivity index (χ3v) is 9.85. The van der Waals surface area contributed by atoms with Crippen molar-refractivity contribution in [3.05, 3.63) is 82.9 Å². The van der Waals surface area contributed by atoms with Gasteiger partial charge in [-0.25, -0.2) is 4.79 Å². The maximum absolute atomic E-state index is 13.5. The number of carbonyl (C=O) groups excluding carboxylic acids is 1. The Morgan fingerprint density at radius 3 is 2.04 bits per heavy atom. The van der Waals surface area contributed by atoms with Crippen molar-refractivity contribution in [3.63, 3.8) is 0 Å². The lowest BCUT2D eigenvalue weighted by Gasteiger charge is -2.52. The summed E-state index contributed by atoms with van der Waals surface area (Å²) in [7, 11) is 1.69. The van der Waals surface area contributed by atoms with Crippen LogP contribution < -0.4 is 0 Å². The summed E-state index contributed by atoms with van der Waals surface area (Å²) in [6.07, 6.45) is 1.98. The van der Waals surface area contributed by atoms with Crippen molar-refractivity contribution in [1.82, 2.24) is 20.1 Å². The molecular formula is C40H54N4O4. The monoisotopic (exact) mass is 654 g/mol. The summed E-state index contributed by atoms with van der Waals surface area (Å²) in [6.45, 7) is 23.9. The number of nitrogens with zero attached hydrogens (tertiary/aromatic N) is 4. The smallest absolute Gasteiger partial charge is 0.338 e. The Balaban J connectivity index is 1.53. The van der Waals surface area contributed by atoms with E-state index in [2.05, 4.69) is 94.4 Å². The van der Waals surface area contributed by atoms with Crippen LogP contribution >= 0.6 is 0 Å². The molecule has 0 radical (unpaired) electrons. The van der Waals surface area contributed by atoms with Crippen LogP contribution in [0.3, 0.4) is 0 Å². The van der Waals surface area contributed by atoms with E-state index in [0.29, 0.717) is 35.1 Å². The fourth-order valence-corrected chi connectivity index (χ4v) is 8.19. The van der Waals surface area contributed by atoms with E-state index in [1.54, 1.807) is 25.3 Å². The third-order valence-electron chi connectivity index (χ3n) is 9.85. The van der Waals surface area contributed by atoms with E-state index >= 15 is 0 Å². The molecule has 258 valence electrons. The summed E-state index contributed by atoms with van der Waals surface area (Å²) in [5, 5.41) is 23.5. The van der Waals surface area contributed by atoms with E-state index in [1.807, 2.05) is 29.3 Å². The van der Waals surface area contributed by atoms with Gasteiger partial charge in [-0.1, -0.05) is 84.9 Å². The number of ether oxygens (including phenoxy) is 1. The highest BCUT2D eigenvalue weighted by molar-refractivity contribution is 5.93. The Kier molecular flexibility index (Phi) is 9.11. The lowest BCUT2D eigenvalue weighted by Crippen LogP contribution is -2.61. The normalized spacial score (nSPS) is 17.5. The van der Waals surface area contributed by atoms with E-state index in [1.165, 1.54) is 4.80 Å². The van der Waals surface area contributed by atoms with Crippen LogP contribution in [0.1, 0.15) is 122 Å². The van der Waals surface area contributed by atoms with Gasteiger partial charge in [-0.3, -0.25) is 0 Å². The van der Waals surface area contributed by atoms with E-state index in [0.717, 1.165) is 23.1 Å². The highest BCUT2D eigenvalue weighted by Crippen LogP contribution is 2.45. The largest absolute Gasteiger partial charge is 0.505 e. The molecule has 1 N–H and O–H groups in total. The Morgan fingerprint density at radius 2 is 1.46 bits per heavy atom.